The lowest BCUT2D eigenvalue weighted by Crippen LogP contribution is -2.23. The number of rotatable bonds is 5. The van der Waals surface area contributed by atoms with Crippen LogP contribution in [0.4, 0.5) is 14.5 Å². The largest absolute Gasteiger partial charge is 0.494 e. The van der Waals surface area contributed by atoms with Gasteiger partial charge in [0.1, 0.15) is 17.3 Å². The van der Waals surface area contributed by atoms with E-state index in [2.05, 4.69) is 4.99 Å². The number of carbonyl (C=O) groups is 1. The highest BCUT2D eigenvalue weighted by Crippen LogP contribution is 2.34. The molecule has 1 amide bonds. The molecule has 2 aromatic carbocycles. The van der Waals surface area contributed by atoms with Gasteiger partial charge in [0.15, 0.2) is 11.0 Å². The van der Waals surface area contributed by atoms with Crippen LogP contribution in [0.2, 0.25) is 0 Å². The first-order valence-electron chi connectivity index (χ1n) is 8.42. The fourth-order valence-electron chi connectivity index (χ4n) is 2.39. The Hall–Kier alpha value is -2.67. The molecule has 27 heavy (non-hydrogen) atoms. The number of amides is 1. The van der Waals surface area contributed by atoms with Crippen LogP contribution in [0.1, 0.15) is 18.9 Å². The predicted octanol–water partition coefficient (Wildman–Crippen LogP) is 4.99. The average molecular weight is 388 g/mol. The molecule has 0 saturated carbocycles. The summed E-state index contributed by atoms with van der Waals surface area (Å²) >= 11 is 1.14. The molecular formula is C20H18F2N2O2S. The van der Waals surface area contributed by atoms with E-state index in [0.29, 0.717) is 16.7 Å². The number of aliphatic imine (C=N–C) groups is 1. The first kappa shape index (κ1) is 19.1. The Morgan fingerprint density at radius 2 is 2.04 bits per heavy atom. The lowest BCUT2D eigenvalue weighted by atomic mass is 10.2. The van der Waals surface area contributed by atoms with Gasteiger partial charge >= 0.3 is 0 Å². The third kappa shape index (κ3) is 4.54. The number of carbonyl (C=O) groups excluding carboxylic acids is 1. The van der Waals surface area contributed by atoms with Gasteiger partial charge in [0.05, 0.1) is 11.5 Å². The van der Waals surface area contributed by atoms with Crippen molar-refractivity contribution in [3.8, 4) is 5.75 Å². The Morgan fingerprint density at radius 1 is 1.22 bits per heavy atom. The molecule has 3 rings (SSSR count). The van der Waals surface area contributed by atoms with Crippen molar-refractivity contribution in [1.82, 2.24) is 4.90 Å². The Kier molecular flexibility index (Phi) is 5.91. The number of hydrogen-bond donors (Lipinski definition) is 0. The molecule has 0 N–H and O–H groups in total. The molecule has 0 unspecified atom stereocenters. The number of nitrogens with zero attached hydrogens (tertiary/aromatic N) is 2. The van der Waals surface area contributed by atoms with Crippen LogP contribution >= 0.6 is 11.8 Å². The second-order valence-electron chi connectivity index (χ2n) is 5.89. The number of likely N-dealkylation sites (N-methyl/N-ethyl adjacent to an activating group) is 1. The highest BCUT2D eigenvalue weighted by atomic mass is 32.2. The maximum absolute atomic E-state index is 13.8. The SMILES string of the molecule is CCCOc1cccc(/C=C2/SC(=Nc3ccc(F)cc3F)N(C)C2=O)c1. The van der Waals surface area contributed by atoms with E-state index in [4.69, 9.17) is 4.74 Å². The zero-order chi connectivity index (χ0) is 19.4. The first-order chi connectivity index (χ1) is 13.0. The minimum absolute atomic E-state index is 0.0187. The molecule has 1 saturated heterocycles. The lowest BCUT2D eigenvalue weighted by Gasteiger charge is -2.07. The van der Waals surface area contributed by atoms with Gasteiger partial charge in [-0.25, -0.2) is 13.8 Å². The van der Waals surface area contributed by atoms with E-state index in [-0.39, 0.29) is 11.6 Å². The van der Waals surface area contributed by atoms with Crippen molar-refractivity contribution in [3.63, 3.8) is 0 Å². The van der Waals surface area contributed by atoms with E-state index in [1.807, 2.05) is 31.2 Å². The highest BCUT2D eigenvalue weighted by molar-refractivity contribution is 8.18. The average Bonchev–Trinajstić information content (AvgIpc) is 2.90. The zero-order valence-electron chi connectivity index (χ0n) is 14.9. The molecule has 1 heterocycles. The summed E-state index contributed by atoms with van der Waals surface area (Å²) in [6.45, 7) is 2.65. The van der Waals surface area contributed by atoms with Crippen molar-refractivity contribution in [2.45, 2.75) is 13.3 Å². The molecular weight excluding hydrogens is 370 g/mol. The van der Waals surface area contributed by atoms with Gasteiger partial charge in [0.2, 0.25) is 0 Å². The maximum Gasteiger partial charge on any atom is 0.266 e. The molecule has 0 radical (unpaired) electrons. The van der Waals surface area contributed by atoms with Crippen molar-refractivity contribution < 1.29 is 18.3 Å². The normalized spacial score (nSPS) is 17.2. The smallest absolute Gasteiger partial charge is 0.266 e. The fraction of sp³-hybridized carbons (Fsp3) is 0.200. The van der Waals surface area contributed by atoms with Crippen molar-refractivity contribution in [3.05, 3.63) is 64.6 Å². The summed E-state index contributed by atoms with van der Waals surface area (Å²) in [4.78, 5) is 18.4. The summed E-state index contributed by atoms with van der Waals surface area (Å²) in [7, 11) is 1.57. The molecule has 1 aliphatic heterocycles. The summed E-state index contributed by atoms with van der Waals surface area (Å²) in [5.41, 5.74) is 0.803. The van der Waals surface area contributed by atoms with Crippen LogP contribution in [-0.2, 0) is 4.79 Å². The second-order valence-corrected chi connectivity index (χ2v) is 6.89. The van der Waals surface area contributed by atoms with Crippen LogP contribution < -0.4 is 4.74 Å². The van der Waals surface area contributed by atoms with Crippen LogP contribution in [0.25, 0.3) is 6.08 Å². The monoisotopic (exact) mass is 388 g/mol. The topological polar surface area (TPSA) is 41.9 Å². The number of amidine groups is 1. The Bertz CT molecular complexity index is 928. The van der Waals surface area contributed by atoms with E-state index in [9.17, 15) is 13.6 Å². The third-order valence-electron chi connectivity index (χ3n) is 3.76. The molecule has 1 fully saturated rings. The summed E-state index contributed by atoms with van der Waals surface area (Å²) in [5.74, 6) is -0.953. The van der Waals surface area contributed by atoms with Gasteiger partial charge in [0.25, 0.3) is 5.91 Å². The molecule has 0 aliphatic carbocycles. The van der Waals surface area contributed by atoms with Gasteiger partial charge in [-0.15, -0.1) is 0 Å². The Labute approximate surface area is 160 Å². The van der Waals surface area contributed by atoms with Gasteiger partial charge in [-0.2, -0.15) is 0 Å². The molecule has 0 spiro atoms. The van der Waals surface area contributed by atoms with E-state index in [1.165, 1.54) is 11.0 Å². The molecule has 7 heteroatoms. The summed E-state index contributed by atoms with van der Waals surface area (Å²) in [6, 6.07) is 10.6. The minimum atomic E-state index is -0.776. The first-order valence-corrected chi connectivity index (χ1v) is 9.24. The quantitative estimate of drug-likeness (QED) is 0.678. The van der Waals surface area contributed by atoms with E-state index in [0.717, 1.165) is 41.6 Å². The maximum atomic E-state index is 13.8. The van der Waals surface area contributed by atoms with Gasteiger partial charge < -0.3 is 4.74 Å². The van der Waals surface area contributed by atoms with Gasteiger partial charge in [-0.3, -0.25) is 9.69 Å². The van der Waals surface area contributed by atoms with Crippen molar-refractivity contribution >= 4 is 34.6 Å². The molecule has 4 nitrogen and oxygen atoms in total. The number of hydrogen-bond acceptors (Lipinski definition) is 4. The van der Waals surface area contributed by atoms with Crippen molar-refractivity contribution in [2.75, 3.05) is 13.7 Å². The minimum Gasteiger partial charge on any atom is -0.494 e. The Morgan fingerprint density at radius 3 is 2.78 bits per heavy atom. The van der Waals surface area contributed by atoms with Crippen molar-refractivity contribution in [2.24, 2.45) is 4.99 Å². The van der Waals surface area contributed by atoms with Crippen LogP contribution in [0.3, 0.4) is 0 Å². The predicted molar refractivity (Wildman–Crippen MR) is 104 cm³/mol. The van der Waals surface area contributed by atoms with Gasteiger partial charge in [0, 0.05) is 13.1 Å². The van der Waals surface area contributed by atoms with Crippen LogP contribution in [-0.4, -0.2) is 29.6 Å². The van der Waals surface area contributed by atoms with Gasteiger partial charge in [-0.1, -0.05) is 19.1 Å². The molecule has 1 aliphatic rings. The summed E-state index contributed by atoms with van der Waals surface area (Å²) < 4.78 is 32.5. The number of thioether (sulfide) groups is 1. The number of ether oxygens (including phenoxy) is 1. The highest BCUT2D eigenvalue weighted by Gasteiger charge is 2.30. The van der Waals surface area contributed by atoms with Crippen LogP contribution in [0.5, 0.6) is 5.75 Å². The Balaban J connectivity index is 1.85. The summed E-state index contributed by atoms with van der Waals surface area (Å²) in [6.07, 6.45) is 2.65. The molecule has 0 atom stereocenters. The number of benzene rings is 2. The van der Waals surface area contributed by atoms with Crippen molar-refractivity contribution in [1.29, 1.82) is 0 Å². The van der Waals surface area contributed by atoms with Crippen LogP contribution in [0.15, 0.2) is 52.4 Å². The fourth-order valence-corrected chi connectivity index (χ4v) is 3.37. The van der Waals surface area contributed by atoms with E-state index in [1.54, 1.807) is 13.1 Å². The molecule has 140 valence electrons. The van der Waals surface area contributed by atoms with Crippen LogP contribution in [0, 0.1) is 11.6 Å². The second kappa shape index (κ2) is 8.35. The summed E-state index contributed by atoms with van der Waals surface area (Å²) in [5, 5.41) is 0.329. The molecule has 2 aromatic rings. The zero-order valence-corrected chi connectivity index (χ0v) is 15.7. The molecule has 0 aromatic heterocycles. The third-order valence-corrected chi connectivity index (χ3v) is 4.82. The van der Waals surface area contributed by atoms with Gasteiger partial charge in [-0.05, 0) is 54.1 Å². The van der Waals surface area contributed by atoms with E-state index >= 15 is 0 Å². The number of halogens is 2. The lowest BCUT2D eigenvalue weighted by molar-refractivity contribution is -0.121. The van der Waals surface area contributed by atoms with E-state index < -0.39 is 11.6 Å². The standard InChI is InChI=1S/C20H18F2N2O2S/c1-3-9-26-15-6-4-5-13(10-15)11-18-19(25)24(2)20(27-18)23-17-8-7-14(21)12-16(17)22/h4-8,10-12H,3,9H2,1-2H3/b18-11+,23-20?. The molecule has 0 bridgehead atoms.